The molecule has 0 aromatic carbocycles. The summed E-state index contributed by atoms with van der Waals surface area (Å²) in [6, 6.07) is 0. The summed E-state index contributed by atoms with van der Waals surface area (Å²) in [6.45, 7) is 11.8. The Labute approximate surface area is 125 Å². The number of amides is 1. The summed E-state index contributed by atoms with van der Waals surface area (Å²) in [7, 11) is 0. The predicted molar refractivity (Wildman–Crippen MR) is 84.6 cm³/mol. The van der Waals surface area contributed by atoms with Gasteiger partial charge in [0.05, 0.1) is 0 Å². The molecule has 0 spiro atoms. The van der Waals surface area contributed by atoms with Crippen LogP contribution in [0.1, 0.15) is 73.1 Å². The van der Waals surface area contributed by atoms with E-state index in [2.05, 4.69) is 6.92 Å². The lowest BCUT2D eigenvalue weighted by molar-refractivity contribution is -0.134. The first kappa shape index (κ1) is 19.1. The van der Waals surface area contributed by atoms with Crippen molar-refractivity contribution in [2.45, 2.75) is 73.1 Å². The zero-order valence-corrected chi connectivity index (χ0v) is 14.1. The first-order chi connectivity index (χ1) is 9.54. The highest BCUT2D eigenvalue weighted by molar-refractivity contribution is 5.86. The maximum atomic E-state index is 12.0. The molecule has 0 bridgehead atoms. The van der Waals surface area contributed by atoms with Crippen LogP contribution in [-0.2, 0) is 9.59 Å². The van der Waals surface area contributed by atoms with Crippen LogP contribution < -0.4 is 0 Å². The van der Waals surface area contributed by atoms with Crippen LogP contribution in [0.4, 0.5) is 0 Å². The van der Waals surface area contributed by atoms with Crippen LogP contribution >= 0.6 is 0 Å². The van der Waals surface area contributed by atoms with Gasteiger partial charge in [-0.15, -0.1) is 0 Å². The first-order valence-corrected chi connectivity index (χ1v) is 8.35. The van der Waals surface area contributed by atoms with E-state index in [9.17, 15) is 9.59 Å². The fraction of sp³-hybridized carbons (Fsp3) is 0.882. The normalized spacial score (nSPS) is 15.8. The molecule has 3 nitrogen and oxygen atoms in total. The van der Waals surface area contributed by atoms with Crippen LogP contribution in [-0.4, -0.2) is 29.7 Å². The molecule has 3 heteroatoms. The molecule has 20 heavy (non-hydrogen) atoms. The second-order valence-electron chi connectivity index (χ2n) is 5.73. The Hall–Kier alpha value is -0.860. The number of rotatable bonds is 6. The topological polar surface area (TPSA) is 37.4 Å². The minimum absolute atomic E-state index is 0.0492. The highest BCUT2D eigenvalue weighted by Gasteiger charge is 2.22. The van der Waals surface area contributed by atoms with E-state index >= 15 is 0 Å². The fourth-order valence-electron chi connectivity index (χ4n) is 2.56. The molecule has 1 rings (SSSR count). The van der Waals surface area contributed by atoms with Crippen molar-refractivity contribution in [1.29, 1.82) is 0 Å². The number of piperidine rings is 1. The number of likely N-dealkylation sites (tertiary alicyclic amines) is 1. The standard InChI is InChI=1S/C15H27NO2.C2H6/c1-4-5-13-8-10-16(11-9-13)15(18)7-6-14(17)12(2)3;1-2/h12-13H,4-11H2,1-3H3;1-2H3. The van der Waals surface area contributed by atoms with Gasteiger partial charge in [0, 0.05) is 31.8 Å². The average molecular weight is 283 g/mol. The molecule has 0 radical (unpaired) electrons. The molecule has 0 aromatic rings. The minimum atomic E-state index is 0.0492. The molecule has 0 aliphatic carbocycles. The molecule has 1 amide bonds. The Morgan fingerprint density at radius 1 is 1.10 bits per heavy atom. The second-order valence-corrected chi connectivity index (χ2v) is 5.73. The van der Waals surface area contributed by atoms with Gasteiger partial charge in [0.1, 0.15) is 5.78 Å². The highest BCUT2D eigenvalue weighted by atomic mass is 16.2. The Morgan fingerprint density at radius 3 is 2.10 bits per heavy atom. The molecule has 1 heterocycles. The summed E-state index contributed by atoms with van der Waals surface area (Å²) in [5.41, 5.74) is 0. The van der Waals surface area contributed by atoms with Crippen LogP contribution in [0.5, 0.6) is 0 Å². The van der Waals surface area contributed by atoms with Crippen molar-refractivity contribution in [3.63, 3.8) is 0 Å². The second kappa shape index (κ2) is 10.9. The first-order valence-electron chi connectivity index (χ1n) is 8.35. The number of carbonyl (C=O) groups is 2. The quantitative estimate of drug-likeness (QED) is 0.737. The molecule has 1 aliphatic heterocycles. The SMILES string of the molecule is CC.CCCC1CCN(C(=O)CCC(=O)C(C)C)CC1. The number of hydrogen-bond donors (Lipinski definition) is 0. The lowest BCUT2D eigenvalue weighted by Crippen LogP contribution is -2.38. The van der Waals surface area contributed by atoms with Gasteiger partial charge in [0.2, 0.25) is 5.91 Å². The summed E-state index contributed by atoms with van der Waals surface area (Å²) in [5, 5.41) is 0. The van der Waals surface area contributed by atoms with Crippen molar-refractivity contribution in [2.24, 2.45) is 11.8 Å². The van der Waals surface area contributed by atoms with Gasteiger partial charge in [-0.25, -0.2) is 0 Å². The van der Waals surface area contributed by atoms with Crippen molar-refractivity contribution in [2.75, 3.05) is 13.1 Å². The van der Waals surface area contributed by atoms with E-state index in [0.717, 1.165) is 31.8 Å². The van der Waals surface area contributed by atoms with E-state index in [1.54, 1.807) is 0 Å². The number of ketones is 1. The van der Waals surface area contributed by atoms with E-state index in [4.69, 9.17) is 0 Å². The van der Waals surface area contributed by atoms with Gasteiger partial charge in [0.15, 0.2) is 0 Å². The summed E-state index contributed by atoms with van der Waals surface area (Å²) in [5.74, 6) is 1.22. The molecule has 0 unspecified atom stereocenters. The molecular weight excluding hydrogens is 250 g/mol. The fourth-order valence-corrected chi connectivity index (χ4v) is 2.56. The van der Waals surface area contributed by atoms with Gasteiger partial charge in [-0.1, -0.05) is 47.5 Å². The number of carbonyl (C=O) groups excluding carboxylic acids is 2. The Kier molecular flexibility index (Phi) is 10.4. The Morgan fingerprint density at radius 2 is 1.65 bits per heavy atom. The van der Waals surface area contributed by atoms with Gasteiger partial charge in [0.25, 0.3) is 0 Å². The molecule has 0 N–H and O–H groups in total. The largest absolute Gasteiger partial charge is 0.343 e. The highest BCUT2D eigenvalue weighted by Crippen LogP contribution is 2.22. The third kappa shape index (κ3) is 7.06. The van der Waals surface area contributed by atoms with Gasteiger partial charge in [-0.2, -0.15) is 0 Å². The number of Topliss-reactive ketones (excluding diaryl/α,β-unsaturated/α-hetero) is 1. The van der Waals surface area contributed by atoms with Crippen molar-refractivity contribution in [3.8, 4) is 0 Å². The Balaban J connectivity index is 0.00000172. The van der Waals surface area contributed by atoms with Crippen LogP contribution in [0.25, 0.3) is 0 Å². The molecular formula is C17H33NO2. The van der Waals surface area contributed by atoms with Crippen molar-refractivity contribution >= 4 is 11.7 Å². The average Bonchev–Trinajstić information content (AvgIpc) is 2.47. The van der Waals surface area contributed by atoms with E-state index in [1.807, 2.05) is 32.6 Å². The molecule has 118 valence electrons. The zero-order valence-electron chi connectivity index (χ0n) is 14.1. The van der Waals surface area contributed by atoms with Gasteiger partial charge < -0.3 is 4.90 Å². The van der Waals surface area contributed by atoms with Gasteiger partial charge in [-0.3, -0.25) is 9.59 Å². The molecule has 1 aliphatic rings. The maximum absolute atomic E-state index is 12.0. The van der Waals surface area contributed by atoms with E-state index in [1.165, 1.54) is 12.8 Å². The zero-order chi connectivity index (χ0) is 15.5. The molecule has 0 aromatic heterocycles. The van der Waals surface area contributed by atoms with E-state index in [-0.39, 0.29) is 17.6 Å². The van der Waals surface area contributed by atoms with Gasteiger partial charge >= 0.3 is 0 Å². The summed E-state index contributed by atoms with van der Waals surface area (Å²) in [6.07, 6.45) is 5.60. The number of nitrogens with zero attached hydrogens (tertiary/aromatic N) is 1. The molecule has 0 saturated carbocycles. The Bertz CT molecular complexity index is 279. The third-order valence-electron chi connectivity index (χ3n) is 3.89. The van der Waals surface area contributed by atoms with Crippen LogP contribution in [0.2, 0.25) is 0 Å². The van der Waals surface area contributed by atoms with Crippen LogP contribution in [0.3, 0.4) is 0 Å². The minimum Gasteiger partial charge on any atom is -0.343 e. The summed E-state index contributed by atoms with van der Waals surface area (Å²) in [4.78, 5) is 25.4. The monoisotopic (exact) mass is 283 g/mol. The smallest absolute Gasteiger partial charge is 0.223 e. The molecule has 0 atom stereocenters. The third-order valence-corrected chi connectivity index (χ3v) is 3.89. The van der Waals surface area contributed by atoms with Crippen LogP contribution in [0.15, 0.2) is 0 Å². The van der Waals surface area contributed by atoms with Crippen molar-refractivity contribution in [1.82, 2.24) is 4.90 Å². The lowest BCUT2D eigenvalue weighted by atomic mass is 9.92. The predicted octanol–water partition coefficient (Wildman–Crippen LogP) is 4.06. The van der Waals surface area contributed by atoms with Crippen molar-refractivity contribution < 1.29 is 9.59 Å². The summed E-state index contributed by atoms with van der Waals surface area (Å²) >= 11 is 0. The van der Waals surface area contributed by atoms with Gasteiger partial charge in [-0.05, 0) is 18.8 Å². The lowest BCUT2D eigenvalue weighted by Gasteiger charge is -2.32. The van der Waals surface area contributed by atoms with Crippen molar-refractivity contribution in [3.05, 3.63) is 0 Å². The van der Waals surface area contributed by atoms with E-state index in [0.29, 0.717) is 12.8 Å². The molecule has 1 saturated heterocycles. The molecule has 1 fully saturated rings. The summed E-state index contributed by atoms with van der Waals surface area (Å²) < 4.78 is 0. The van der Waals surface area contributed by atoms with E-state index < -0.39 is 0 Å². The maximum Gasteiger partial charge on any atom is 0.223 e. The van der Waals surface area contributed by atoms with Crippen LogP contribution in [0, 0.1) is 11.8 Å². The number of hydrogen-bond acceptors (Lipinski definition) is 2.